The first-order chi connectivity index (χ1) is 13.7. The fourth-order valence-electron chi connectivity index (χ4n) is 3.98. The maximum Gasteiger partial charge on any atom is 0.265 e. The lowest BCUT2D eigenvalue weighted by atomic mass is 10.1. The fraction of sp³-hybridized carbons (Fsp3) is 0.391. The van der Waals surface area contributed by atoms with Crippen molar-refractivity contribution in [3.8, 4) is 11.4 Å². The molecule has 2 heterocycles. The first kappa shape index (κ1) is 18.7. The van der Waals surface area contributed by atoms with Crippen LogP contribution < -0.4 is 10.3 Å². The smallest absolute Gasteiger partial charge is 0.265 e. The van der Waals surface area contributed by atoms with E-state index in [4.69, 9.17) is 4.74 Å². The van der Waals surface area contributed by atoms with E-state index in [2.05, 4.69) is 16.8 Å². The molecule has 0 saturated carbocycles. The topological polar surface area (TPSA) is 47.4 Å². The highest BCUT2D eigenvalue weighted by Crippen LogP contribution is 2.21. The number of piperidine rings is 1. The van der Waals surface area contributed by atoms with Gasteiger partial charge in [-0.15, -0.1) is 0 Å². The first-order valence-corrected chi connectivity index (χ1v) is 10.1. The van der Waals surface area contributed by atoms with Crippen LogP contribution in [0.3, 0.4) is 0 Å². The quantitative estimate of drug-likeness (QED) is 0.676. The van der Waals surface area contributed by atoms with E-state index in [1.54, 1.807) is 4.57 Å². The molecule has 1 aromatic heterocycles. The van der Waals surface area contributed by atoms with Crippen molar-refractivity contribution >= 4 is 10.9 Å². The van der Waals surface area contributed by atoms with Gasteiger partial charge in [0.05, 0.1) is 16.6 Å². The Labute approximate surface area is 165 Å². The molecule has 1 saturated heterocycles. The predicted octanol–water partition coefficient (Wildman–Crippen LogP) is 3.95. The van der Waals surface area contributed by atoms with Crippen LogP contribution in [0.15, 0.2) is 53.3 Å². The zero-order chi connectivity index (χ0) is 19.5. The number of rotatable bonds is 5. The van der Waals surface area contributed by atoms with Gasteiger partial charge in [0.2, 0.25) is 0 Å². The van der Waals surface area contributed by atoms with Gasteiger partial charge in [-0.2, -0.15) is 0 Å². The van der Waals surface area contributed by atoms with E-state index in [1.165, 1.54) is 13.0 Å². The molecule has 146 valence electrons. The second kappa shape index (κ2) is 8.15. The molecule has 3 aromatic rings. The maximum absolute atomic E-state index is 12.9. The molecule has 28 heavy (non-hydrogen) atoms. The summed E-state index contributed by atoms with van der Waals surface area (Å²) in [5, 5.41) is 0.632. The van der Waals surface area contributed by atoms with Crippen molar-refractivity contribution in [1.29, 1.82) is 0 Å². The molecular weight excluding hydrogens is 350 g/mol. The van der Waals surface area contributed by atoms with E-state index in [0.717, 1.165) is 42.9 Å². The number of ether oxygens (including phenoxy) is 1. The molecule has 1 aliphatic heterocycles. The predicted molar refractivity (Wildman–Crippen MR) is 112 cm³/mol. The number of likely N-dealkylation sites (tertiary alicyclic amines) is 1. The zero-order valence-corrected chi connectivity index (χ0v) is 16.6. The summed E-state index contributed by atoms with van der Waals surface area (Å²) in [6.45, 7) is 7.47. The summed E-state index contributed by atoms with van der Waals surface area (Å²) >= 11 is 0. The highest BCUT2D eigenvalue weighted by Gasteiger charge is 2.20. The van der Waals surface area contributed by atoms with E-state index in [0.29, 0.717) is 11.2 Å². The third kappa shape index (κ3) is 3.80. The molecule has 0 bridgehead atoms. The van der Waals surface area contributed by atoms with Crippen LogP contribution in [0.5, 0.6) is 5.75 Å². The third-order valence-corrected chi connectivity index (χ3v) is 5.42. The molecule has 4 rings (SSSR count). The number of hydrogen-bond acceptors (Lipinski definition) is 4. The summed E-state index contributed by atoms with van der Waals surface area (Å²) in [4.78, 5) is 20.0. The summed E-state index contributed by atoms with van der Waals surface area (Å²) < 4.78 is 7.84. The molecule has 0 spiro atoms. The number of aryl methyl sites for hydroxylation is 1. The standard InChI is InChI=1S/C23H27N3O2/c1-3-14-25-15-12-20(13-16-25)28-19-10-8-18(9-11-19)26-17(2)24-22-7-5-4-6-21(22)23(26)27/h4-11,20H,3,12-16H2,1-2H3. The van der Waals surface area contributed by atoms with E-state index in [1.807, 2.05) is 55.5 Å². The minimum atomic E-state index is -0.0416. The lowest BCUT2D eigenvalue weighted by Gasteiger charge is -2.31. The largest absolute Gasteiger partial charge is 0.490 e. The molecule has 0 radical (unpaired) electrons. The van der Waals surface area contributed by atoms with Gasteiger partial charge in [0, 0.05) is 13.1 Å². The molecule has 0 unspecified atom stereocenters. The third-order valence-electron chi connectivity index (χ3n) is 5.42. The summed E-state index contributed by atoms with van der Waals surface area (Å²) in [5.41, 5.74) is 1.50. The maximum atomic E-state index is 12.9. The molecule has 1 aliphatic rings. The number of fused-ring (bicyclic) bond motifs is 1. The van der Waals surface area contributed by atoms with Crippen LogP contribution in [-0.2, 0) is 0 Å². The van der Waals surface area contributed by atoms with Crippen molar-refractivity contribution in [3.05, 3.63) is 64.7 Å². The van der Waals surface area contributed by atoms with Gasteiger partial charge in [0.25, 0.3) is 5.56 Å². The van der Waals surface area contributed by atoms with Crippen molar-refractivity contribution < 1.29 is 4.74 Å². The van der Waals surface area contributed by atoms with Crippen LogP contribution in [0, 0.1) is 6.92 Å². The Morgan fingerprint density at radius 1 is 1.07 bits per heavy atom. The molecule has 0 atom stereocenters. The van der Waals surface area contributed by atoms with Crippen LogP contribution in [-0.4, -0.2) is 40.2 Å². The number of benzene rings is 2. The van der Waals surface area contributed by atoms with Gasteiger partial charge in [-0.1, -0.05) is 19.1 Å². The van der Waals surface area contributed by atoms with Gasteiger partial charge < -0.3 is 9.64 Å². The van der Waals surface area contributed by atoms with E-state index in [-0.39, 0.29) is 11.7 Å². The molecule has 5 nitrogen and oxygen atoms in total. The normalized spacial score (nSPS) is 15.8. The lowest BCUT2D eigenvalue weighted by Crippen LogP contribution is -2.38. The number of aromatic nitrogens is 2. The number of hydrogen-bond donors (Lipinski definition) is 0. The fourth-order valence-corrected chi connectivity index (χ4v) is 3.98. The molecule has 0 N–H and O–H groups in total. The van der Waals surface area contributed by atoms with Crippen LogP contribution in [0.1, 0.15) is 32.0 Å². The van der Waals surface area contributed by atoms with Crippen molar-refractivity contribution in [2.75, 3.05) is 19.6 Å². The van der Waals surface area contributed by atoms with Crippen molar-refractivity contribution in [2.24, 2.45) is 0 Å². The Bertz CT molecular complexity index is 1000. The Hall–Kier alpha value is -2.66. The molecule has 1 fully saturated rings. The van der Waals surface area contributed by atoms with E-state index in [9.17, 15) is 4.79 Å². The van der Waals surface area contributed by atoms with Crippen LogP contribution in [0.2, 0.25) is 0 Å². The Morgan fingerprint density at radius 3 is 2.50 bits per heavy atom. The Kier molecular flexibility index (Phi) is 5.44. The van der Waals surface area contributed by atoms with Crippen molar-refractivity contribution in [3.63, 3.8) is 0 Å². The molecular formula is C23H27N3O2. The van der Waals surface area contributed by atoms with Gasteiger partial charge in [-0.05, 0) is 69.1 Å². The second-order valence-corrected chi connectivity index (χ2v) is 7.47. The molecule has 0 aliphatic carbocycles. The van der Waals surface area contributed by atoms with E-state index >= 15 is 0 Å². The number of nitrogens with zero attached hydrogens (tertiary/aromatic N) is 3. The molecule has 5 heteroatoms. The second-order valence-electron chi connectivity index (χ2n) is 7.47. The summed E-state index contributed by atoms with van der Waals surface area (Å²) in [6, 6.07) is 15.2. The van der Waals surface area contributed by atoms with Crippen LogP contribution >= 0.6 is 0 Å². The minimum absolute atomic E-state index is 0.0416. The Balaban J connectivity index is 1.51. The monoisotopic (exact) mass is 377 g/mol. The average Bonchev–Trinajstić information content (AvgIpc) is 2.71. The summed E-state index contributed by atoms with van der Waals surface area (Å²) in [6.07, 6.45) is 3.60. The highest BCUT2D eigenvalue weighted by atomic mass is 16.5. The first-order valence-electron chi connectivity index (χ1n) is 10.1. The van der Waals surface area contributed by atoms with E-state index < -0.39 is 0 Å². The summed E-state index contributed by atoms with van der Waals surface area (Å²) in [7, 11) is 0. The van der Waals surface area contributed by atoms with Crippen molar-refractivity contribution in [2.45, 2.75) is 39.2 Å². The molecule has 0 amide bonds. The summed E-state index contributed by atoms with van der Waals surface area (Å²) in [5.74, 6) is 1.54. The SMILES string of the molecule is CCCN1CCC(Oc2ccc(-n3c(C)nc4ccccc4c3=O)cc2)CC1. The van der Waals surface area contributed by atoms with Gasteiger partial charge in [0.1, 0.15) is 17.7 Å². The van der Waals surface area contributed by atoms with Gasteiger partial charge in [-0.3, -0.25) is 9.36 Å². The van der Waals surface area contributed by atoms with Crippen molar-refractivity contribution in [1.82, 2.24) is 14.5 Å². The van der Waals surface area contributed by atoms with Crippen LogP contribution in [0.4, 0.5) is 0 Å². The Morgan fingerprint density at radius 2 is 1.79 bits per heavy atom. The zero-order valence-electron chi connectivity index (χ0n) is 16.6. The van der Waals surface area contributed by atoms with Gasteiger partial charge >= 0.3 is 0 Å². The molecule has 2 aromatic carbocycles. The minimum Gasteiger partial charge on any atom is -0.490 e. The van der Waals surface area contributed by atoms with Gasteiger partial charge in [0.15, 0.2) is 0 Å². The lowest BCUT2D eigenvalue weighted by molar-refractivity contribution is 0.101. The number of para-hydroxylation sites is 1. The highest BCUT2D eigenvalue weighted by molar-refractivity contribution is 5.77. The average molecular weight is 377 g/mol. The van der Waals surface area contributed by atoms with Gasteiger partial charge in [-0.25, -0.2) is 4.98 Å². The van der Waals surface area contributed by atoms with Crippen LogP contribution in [0.25, 0.3) is 16.6 Å².